The Balaban J connectivity index is 2.40. The Morgan fingerprint density at radius 1 is 1.50 bits per heavy atom. The summed E-state index contributed by atoms with van der Waals surface area (Å²) >= 11 is 0. The summed E-state index contributed by atoms with van der Waals surface area (Å²) in [7, 11) is 0. The van der Waals surface area contributed by atoms with Gasteiger partial charge < -0.3 is 4.98 Å². The monoisotopic (exact) mass is 196 g/mol. The molecule has 2 rings (SSSR count). The van der Waals surface area contributed by atoms with Crippen LogP contribution in [0.2, 0.25) is 0 Å². The molecule has 0 bridgehead atoms. The van der Waals surface area contributed by atoms with Gasteiger partial charge in [-0.1, -0.05) is 6.92 Å². The van der Waals surface area contributed by atoms with E-state index < -0.39 is 5.67 Å². The fraction of sp³-hybridized carbons (Fsp3) is 0.727. The molecule has 1 heterocycles. The summed E-state index contributed by atoms with van der Waals surface area (Å²) in [6.45, 7) is 5.25. The third kappa shape index (κ3) is 1.56. The molecule has 1 N–H and O–H groups in total. The SMILES string of the molecule is CC1CCCc2[nH]c(C(C)(C)F)nc21. The third-order valence-corrected chi connectivity index (χ3v) is 2.90. The van der Waals surface area contributed by atoms with E-state index in [-0.39, 0.29) is 0 Å². The van der Waals surface area contributed by atoms with Gasteiger partial charge in [0, 0.05) is 11.6 Å². The van der Waals surface area contributed by atoms with E-state index in [0.29, 0.717) is 11.7 Å². The number of nitrogens with zero attached hydrogens (tertiary/aromatic N) is 1. The lowest BCUT2D eigenvalue weighted by molar-refractivity contribution is 0.208. The predicted molar refractivity (Wildman–Crippen MR) is 54.1 cm³/mol. The maximum Gasteiger partial charge on any atom is 0.162 e. The Hall–Kier alpha value is -0.860. The Kier molecular flexibility index (Phi) is 2.13. The van der Waals surface area contributed by atoms with Gasteiger partial charge in [0.25, 0.3) is 0 Å². The highest BCUT2D eigenvalue weighted by atomic mass is 19.1. The number of aryl methyl sites for hydroxylation is 1. The van der Waals surface area contributed by atoms with Gasteiger partial charge in [0.05, 0.1) is 5.69 Å². The van der Waals surface area contributed by atoms with E-state index in [1.165, 1.54) is 12.8 Å². The zero-order valence-corrected chi connectivity index (χ0v) is 9.02. The maximum absolute atomic E-state index is 13.6. The van der Waals surface area contributed by atoms with Crippen molar-refractivity contribution < 1.29 is 4.39 Å². The van der Waals surface area contributed by atoms with Gasteiger partial charge in [-0.15, -0.1) is 0 Å². The number of H-pyrrole nitrogens is 1. The number of halogens is 1. The van der Waals surface area contributed by atoms with Crippen LogP contribution in [0.25, 0.3) is 0 Å². The Morgan fingerprint density at radius 3 is 2.79 bits per heavy atom. The Morgan fingerprint density at radius 2 is 2.21 bits per heavy atom. The van der Waals surface area contributed by atoms with Crippen LogP contribution in [0.15, 0.2) is 0 Å². The smallest absolute Gasteiger partial charge is 0.162 e. The van der Waals surface area contributed by atoms with Gasteiger partial charge in [-0.3, -0.25) is 0 Å². The molecule has 1 aromatic rings. The molecule has 0 aromatic carbocycles. The Labute approximate surface area is 83.9 Å². The summed E-state index contributed by atoms with van der Waals surface area (Å²) in [5.74, 6) is 0.961. The molecule has 14 heavy (non-hydrogen) atoms. The van der Waals surface area contributed by atoms with Crippen LogP contribution in [0.1, 0.15) is 56.7 Å². The molecule has 0 aliphatic heterocycles. The first kappa shape index (κ1) is 9.69. The third-order valence-electron chi connectivity index (χ3n) is 2.90. The molecule has 0 saturated carbocycles. The lowest BCUT2D eigenvalue weighted by Gasteiger charge is -2.15. The van der Waals surface area contributed by atoms with Crippen molar-refractivity contribution in [3.05, 3.63) is 17.2 Å². The van der Waals surface area contributed by atoms with E-state index in [4.69, 9.17) is 0 Å². The van der Waals surface area contributed by atoms with Crippen molar-refractivity contribution >= 4 is 0 Å². The fourth-order valence-corrected chi connectivity index (χ4v) is 2.02. The normalized spacial score (nSPS) is 22.1. The summed E-state index contributed by atoms with van der Waals surface area (Å²) in [4.78, 5) is 7.49. The average molecular weight is 196 g/mol. The van der Waals surface area contributed by atoms with Crippen LogP contribution in [0.3, 0.4) is 0 Å². The molecule has 0 amide bonds. The van der Waals surface area contributed by atoms with Gasteiger partial charge in [0.1, 0.15) is 5.82 Å². The molecule has 0 spiro atoms. The first-order valence-corrected chi connectivity index (χ1v) is 5.26. The van der Waals surface area contributed by atoms with Crippen molar-refractivity contribution in [2.24, 2.45) is 0 Å². The van der Waals surface area contributed by atoms with Crippen LogP contribution in [-0.4, -0.2) is 9.97 Å². The highest BCUT2D eigenvalue weighted by Gasteiger charge is 2.28. The topological polar surface area (TPSA) is 28.7 Å². The quantitative estimate of drug-likeness (QED) is 0.734. The van der Waals surface area contributed by atoms with Crippen LogP contribution >= 0.6 is 0 Å². The number of alkyl halides is 1. The van der Waals surface area contributed by atoms with E-state index in [0.717, 1.165) is 17.8 Å². The molecule has 3 heteroatoms. The van der Waals surface area contributed by atoms with Gasteiger partial charge in [-0.25, -0.2) is 9.37 Å². The number of hydrogen-bond donors (Lipinski definition) is 1. The van der Waals surface area contributed by atoms with Crippen molar-refractivity contribution in [2.75, 3.05) is 0 Å². The second-order valence-electron chi connectivity index (χ2n) is 4.71. The second kappa shape index (κ2) is 3.07. The van der Waals surface area contributed by atoms with Crippen LogP contribution in [0.4, 0.5) is 4.39 Å². The summed E-state index contributed by atoms with van der Waals surface area (Å²) in [5, 5.41) is 0. The molecule has 1 aromatic heterocycles. The number of hydrogen-bond acceptors (Lipinski definition) is 1. The molecule has 1 aliphatic rings. The van der Waals surface area contributed by atoms with Gasteiger partial charge in [0.15, 0.2) is 5.67 Å². The summed E-state index contributed by atoms with van der Waals surface area (Å²) in [5.41, 5.74) is 0.873. The number of imidazole rings is 1. The van der Waals surface area contributed by atoms with E-state index in [1.54, 1.807) is 13.8 Å². The number of aromatic nitrogens is 2. The van der Waals surface area contributed by atoms with Gasteiger partial charge in [-0.05, 0) is 33.1 Å². The summed E-state index contributed by atoms with van der Waals surface area (Å²) < 4.78 is 13.6. The van der Waals surface area contributed by atoms with Crippen molar-refractivity contribution in [3.63, 3.8) is 0 Å². The van der Waals surface area contributed by atoms with Crippen molar-refractivity contribution in [2.45, 2.75) is 51.6 Å². The molecule has 1 atom stereocenters. The molecular formula is C11H17FN2. The van der Waals surface area contributed by atoms with Crippen LogP contribution in [-0.2, 0) is 12.1 Å². The molecule has 0 saturated heterocycles. The van der Waals surface area contributed by atoms with Gasteiger partial charge in [0.2, 0.25) is 0 Å². The second-order valence-corrected chi connectivity index (χ2v) is 4.71. The zero-order chi connectivity index (χ0) is 10.3. The molecule has 0 radical (unpaired) electrons. The van der Waals surface area contributed by atoms with E-state index in [1.807, 2.05) is 0 Å². The van der Waals surface area contributed by atoms with E-state index in [9.17, 15) is 4.39 Å². The van der Waals surface area contributed by atoms with E-state index in [2.05, 4.69) is 16.9 Å². The molecule has 1 aliphatic carbocycles. The van der Waals surface area contributed by atoms with Crippen LogP contribution < -0.4 is 0 Å². The standard InChI is InChI=1S/C11H17FN2/c1-7-5-4-6-8-9(7)14-10(13-8)11(2,3)12/h7H,4-6H2,1-3H3,(H,13,14). The number of nitrogens with one attached hydrogen (secondary N) is 1. The van der Waals surface area contributed by atoms with Crippen LogP contribution in [0.5, 0.6) is 0 Å². The van der Waals surface area contributed by atoms with E-state index >= 15 is 0 Å². The molecule has 78 valence electrons. The molecule has 1 unspecified atom stereocenters. The highest BCUT2D eigenvalue weighted by Crippen LogP contribution is 2.32. The first-order valence-electron chi connectivity index (χ1n) is 5.26. The van der Waals surface area contributed by atoms with Gasteiger partial charge in [-0.2, -0.15) is 0 Å². The van der Waals surface area contributed by atoms with Crippen LogP contribution in [0, 0.1) is 0 Å². The molecule has 2 nitrogen and oxygen atoms in total. The minimum Gasteiger partial charge on any atom is -0.343 e. The van der Waals surface area contributed by atoms with Crippen molar-refractivity contribution in [3.8, 4) is 0 Å². The number of aromatic amines is 1. The zero-order valence-electron chi connectivity index (χ0n) is 9.02. The lowest BCUT2D eigenvalue weighted by Crippen LogP contribution is -2.11. The number of rotatable bonds is 1. The Bertz CT molecular complexity index is 336. The average Bonchev–Trinajstić information content (AvgIpc) is 2.48. The minimum absolute atomic E-state index is 0.478. The summed E-state index contributed by atoms with van der Waals surface area (Å²) in [6.07, 6.45) is 3.37. The largest absolute Gasteiger partial charge is 0.343 e. The highest BCUT2D eigenvalue weighted by molar-refractivity contribution is 5.23. The van der Waals surface area contributed by atoms with Crippen molar-refractivity contribution in [1.29, 1.82) is 0 Å². The summed E-state index contributed by atoms with van der Waals surface area (Å²) in [6, 6.07) is 0. The van der Waals surface area contributed by atoms with Crippen molar-refractivity contribution in [1.82, 2.24) is 9.97 Å². The minimum atomic E-state index is -1.35. The lowest BCUT2D eigenvalue weighted by atomic mass is 9.92. The fourth-order valence-electron chi connectivity index (χ4n) is 2.02. The molecular weight excluding hydrogens is 179 g/mol. The maximum atomic E-state index is 13.6. The first-order chi connectivity index (χ1) is 6.48. The molecule has 0 fully saturated rings. The number of fused-ring (bicyclic) bond motifs is 1. The van der Waals surface area contributed by atoms with Gasteiger partial charge >= 0.3 is 0 Å². The predicted octanol–water partition coefficient (Wildman–Crippen LogP) is 3.05.